The summed E-state index contributed by atoms with van der Waals surface area (Å²) in [6.07, 6.45) is 1.64. The molecule has 0 saturated carbocycles. The molecule has 3 aromatic rings. The Morgan fingerprint density at radius 2 is 1.71 bits per heavy atom. The number of rotatable bonds is 6. The number of amides is 1. The van der Waals surface area contributed by atoms with E-state index in [0.29, 0.717) is 43.7 Å². The monoisotopic (exact) mass is 512 g/mol. The Balaban J connectivity index is 1.76. The maximum atomic E-state index is 13.4. The van der Waals surface area contributed by atoms with Gasteiger partial charge in [0.2, 0.25) is 0 Å². The molecular formula is C25H18Cl2N2O4S. The van der Waals surface area contributed by atoms with Crippen molar-refractivity contribution in [2.75, 3.05) is 11.5 Å². The molecule has 1 fully saturated rings. The van der Waals surface area contributed by atoms with Crippen molar-refractivity contribution >= 4 is 69.5 Å². The molecule has 0 radical (unpaired) electrons. The molecule has 1 aliphatic rings. The van der Waals surface area contributed by atoms with E-state index in [2.05, 4.69) is 4.99 Å². The summed E-state index contributed by atoms with van der Waals surface area (Å²) in [6.45, 7) is 2.12. The Morgan fingerprint density at radius 1 is 1.06 bits per heavy atom. The molecule has 6 nitrogen and oxygen atoms in total. The average Bonchev–Trinajstić information content (AvgIpc) is 3.11. The Labute approximate surface area is 210 Å². The molecule has 0 aliphatic carbocycles. The van der Waals surface area contributed by atoms with Crippen molar-refractivity contribution < 1.29 is 19.4 Å². The number of carbonyl (C=O) groups excluding carboxylic acids is 1. The molecule has 0 atom stereocenters. The summed E-state index contributed by atoms with van der Waals surface area (Å²) in [7, 11) is 0. The second kappa shape index (κ2) is 10.3. The third-order valence-electron chi connectivity index (χ3n) is 4.77. The van der Waals surface area contributed by atoms with Crippen molar-refractivity contribution in [1.29, 1.82) is 0 Å². The van der Waals surface area contributed by atoms with Crippen LogP contribution in [0.5, 0.6) is 5.75 Å². The minimum absolute atomic E-state index is 0.0243. The lowest BCUT2D eigenvalue weighted by Gasteiger charge is -2.15. The summed E-state index contributed by atoms with van der Waals surface area (Å²) in [5.41, 5.74) is 1.82. The molecule has 1 aliphatic heterocycles. The van der Waals surface area contributed by atoms with Crippen LogP contribution in [0.2, 0.25) is 10.0 Å². The number of thioether (sulfide) groups is 1. The lowest BCUT2D eigenvalue weighted by atomic mass is 10.1. The molecule has 1 N–H and O–H groups in total. The number of amidine groups is 1. The van der Waals surface area contributed by atoms with E-state index in [1.165, 1.54) is 22.7 Å². The van der Waals surface area contributed by atoms with Gasteiger partial charge in [0.1, 0.15) is 11.3 Å². The Bertz CT molecular complexity index is 1310. The molecule has 0 spiro atoms. The number of carboxylic acids is 1. The van der Waals surface area contributed by atoms with E-state index >= 15 is 0 Å². The first kappa shape index (κ1) is 23.9. The van der Waals surface area contributed by atoms with E-state index in [9.17, 15) is 14.7 Å². The number of nitrogens with zero attached hydrogens (tertiary/aromatic N) is 2. The highest BCUT2D eigenvalue weighted by molar-refractivity contribution is 8.19. The molecule has 1 heterocycles. The molecule has 9 heteroatoms. The fourth-order valence-electron chi connectivity index (χ4n) is 3.23. The maximum Gasteiger partial charge on any atom is 0.339 e. The van der Waals surface area contributed by atoms with Crippen molar-refractivity contribution in [2.24, 2.45) is 4.99 Å². The van der Waals surface area contributed by atoms with Crippen molar-refractivity contribution in [3.05, 3.63) is 92.8 Å². The number of ether oxygens (including phenoxy) is 1. The minimum Gasteiger partial charge on any atom is -0.493 e. The Kier molecular flexibility index (Phi) is 7.26. The second-order valence-electron chi connectivity index (χ2n) is 7.09. The van der Waals surface area contributed by atoms with Crippen LogP contribution in [0.1, 0.15) is 22.8 Å². The van der Waals surface area contributed by atoms with E-state index in [0.717, 1.165) is 0 Å². The molecule has 1 amide bonds. The van der Waals surface area contributed by atoms with Crippen molar-refractivity contribution in [2.45, 2.75) is 6.92 Å². The number of aliphatic imine (C=N–C) groups is 1. The standard InChI is InChI=1S/C25H18Cl2N2O4S/c1-2-33-21-12-3-15(13-20(21)24(31)32)14-22-23(30)29(19-10-6-17(27)7-11-19)25(34-22)28-18-8-4-16(26)5-9-18/h3-14H,2H2,1H3,(H,31,32)/b22-14-,28-25?. The summed E-state index contributed by atoms with van der Waals surface area (Å²) >= 11 is 13.2. The van der Waals surface area contributed by atoms with Crippen LogP contribution in [0.3, 0.4) is 0 Å². The van der Waals surface area contributed by atoms with Crippen LogP contribution in [0.15, 0.2) is 76.6 Å². The van der Waals surface area contributed by atoms with Crippen molar-refractivity contribution in [3.63, 3.8) is 0 Å². The normalized spacial score (nSPS) is 15.9. The molecular weight excluding hydrogens is 495 g/mol. The zero-order valence-electron chi connectivity index (χ0n) is 17.9. The smallest absolute Gasteiger partial charge is 0.339 e. The van der Waals surface area contributed by atoms with E-state index < -0.39 is 5.97 Å². The lowest BCUT2D eigenvalue weighted by molar-refractivity contribution is -0.113. The zero-order valence-corrected chi connectivity index (χ0v) is 20.2. The number of hydrogen-bond donors (Lipinski definition) is 1. The summed E-state index contributed by atoms with van der Waals surface area (Å²) in [5.74, 6) is -1.12. The highest BCUT2D eigenvalue weighted by atomic mass is 35.5. The molecule has 4 rings (SSSR count). The largest absolute Gasteiger partial charge is 0.493 e. The van der Waals surface area contributed by atoms with Gasteiger partial charge in [-0.2, -0.15) is 0 Å². The number of carboxylic acid groups (broad SMARTS) is 1. The van der Waals surface area contributed by atoms with Crippen LogP contribution < -0.4 is 9.64 Å². The van der Waals surface area contributed by atoms with Crippen molar-refractivity contribution in [1.82, 2.24) is 0 Å². The van der Waals surface area contributed by atoms with E-state index in [-0.39, 0.29) is 17.2 Å². The molecule has 34 heavy (non-hydrogen) atoms. The maximum absolute atomic E-state index is 13.4. The summed E-state index contributed by atoms with van der Waals surface area (Å²) in [4.78, 5) is 31.6. The molecule has 0 aromatic heterocycles. The average molecular weight is 513 g/mol. The highest BCUT2D eigenvalue weighted by Crippen LogP contribution is 2.38. The quantitative estimate of drug-likeness (QED) is 0.363. The first-order valence-corrected chi connectivity index (χ1v) is 11.8. The summed E-state index contributed by atoms with van der Waals surface area (Å²) < 4.78 is 5.40. The molecule has 3 aromatic carbocycles. The predicted molar refractivity (Wildman–Crippen MR) is 138 cm³/mol. The SMILES string of the molecule is CCOc1ccc(/C=C2\SC(=Nc3ccc(Cl)cc3)N(c3ccc(Cl)cc3)C2=O)cc1C(=O)O. The van der Waals surface area contributed by atoms with Gasteiger partial charge in [-0.25, -0.2) is 9.79 Å². The number of aromatic carboxylic acids is 1. The third-order valence-corrected chi connectivity index (χ3v) is 6.25. The van der Waals surface area contributed by atoms with Gasteiger partial charge in [0.15, 0.2) is 5.17 Å². The van der Waals surface area contributed by atoms with Gasteiger partial charge in [0.25, 0.3) is 5.91 Å². The second-order valence-corrected chi connectivity index (χ2v) is 8.97. The van der Waals surface area contributed by atoms with Gasteiger partial charge in [-0.3, -0.25) is 9.69 Å². The Morgan fingerprint density at radius 3 is 2.32 bits per heavy atom. The first-order valence-electron chi connectivity index (χ1n) is 10.2. The summed E-state index contributed by atoms with van der Waals surface area (Å²) in [5, 5.41) is 11.1. The Hall–Kier alpha value is -3.26. The van der Waals surface area contributed by atoms with Gasteiger partial charge in [-0.05, 0) is 91.0 Å². The lowest BCUT2D eigenvalue weighted by Crippen LogP contribution is -2.28. The number of benzene rings is 3. The minimum atomic E-state index is -1.11. The first-order chi connectivity index (χ1) is 16.4. The molecule has 1 saturated heterocycles. The third kappa shape index (κ3) is 5.28. The van der Waals surface area contributed by atoms with Gasteiger partial charge in [0, 0.05) is 10.0 Å². The fourth-order valence-corrected chi connectivity index (χ4v) is 4.48. The van der Waals surface area contributed by atoms with E-state index in [1.807, 2.05) is 0 Å². The van der Waals surface area contributed by atoms with Crippen LogP contribution in [0, 0.1) is 0 Å². The van der Waals surface area contributed by atoms with Gasteiger partial charge >= 0.3 is 5.97 Å². The van der Waals surface area contributed by atoms with Gasteiger partial charge < -0.3 is 9.84 Å². The number of carbonyl (C=O) groups is 2. The fraction of sp³-hybridized carbons (Fsp3) is 0.0800. The predicted octanol–water partition coefficient (Wildman–Crippen LogP) is 6.90. The zero-order chi connectivity index (χ0) is 24.2. The molecule has 0 bridgehead atoms. The van der Waals surface area contributed by atoms with Gasteiger partial charge in [-0.1, -0.05) is 29.3 Å². The van der Waals surface area contributed by atoms with Crippen LogP contribution in [-0.2, 0) is 4.79 Å². The summed E-state index contributed by atoms with van der Waals surface area (Å²) in [6, 6.07) is 18.6. The van der Waals surface area contributed by atoms with Gasteiger partial charge in [-0.15, -0.1) is 0 Å². The van der Waals surface area contributed by atoms with Crippen LogP contribution in [-0.4, -0.2) is 28.8 Å². The number of anilines is 1. The topological polar surface area (TPSA) is 79.2 Å². The van der Waals surface area contributed by atoms with E-state index in [1.54, 1.807) is 73.7 Å². The van der Waals surface area contributed by atoms with E-state index in [4.69, 9.17) is 27.9 Å². The van der Waals surface area contributed by atoms with Crippen LogP contribution in [0.25, 0.3) is 6.08 Å². The number of halogens is 2. The van der Waals surface area contributed by atoms with Crippen molar-refractivity contribution in [3.8, 4) is 5.75 Å². The molecule has 0 unspecified atom stereocenters. The highest BCUT2D eigenvalue weighted by Gasteiger charge is 2.34. The van der Waals surface area contributed by atoms with Crippen LogP contribution in [0.4, 0.5) is 11.4 Å². The molecule has 172 valence electrons. The number of hydrogen-bond acceptors (Lipinski definition) is 5. The van der Waals surface area contributed by atoms with Gasteiger partial charge in [0.05, 0.1) is 22.9 Å². The van der Waals surface area contributed by atoms with Crippen LogP contribution >= 0.6 is 35.0 Å².